The monoisotopic (exact) mass is 308 g/mol. The van der Waals surface area contributed by atoms with Crippen LogP contribution in [0.2, 0.25) is 0 Å². The Morgan fingerprint density at radius 1 is 1.27 bits per heavy atom. The molecular formula is C17H28N2O3. The number of carboxylic acid groups (broad SMARTS) is 1. The van der Waals surface area contributed by atoms with Crippen LogP contribution in [0.25, 0.3) is 0 Å². The molecular weight excluding hydrogens is 280 g/mol. The van der Waals surface area contributed by atoms with Crippen molar-refractivity contribution in [2.75, 3.05) is 32.0 Å². The number of nitrogens with two attached hydrogens (primary N) is 1. The van der Waals surface area contributed by atoms with Gasteiger partial charge in [-0.05, 0) is 38.1 Å². The third kappa shape index (κ3) is 4.91. The third-order valence-electron chi connectivity index (χ3n) is 3.84. The molecule has 5 nitrogen and oxygen atoms in total. The number of hydrogen-bond donors (Lipinski definition) is 2. The minimum absolute atomic E-state index is 0.285. The van der Waals surface area contributed by atoms with Crippen molar-refractivity contribution in [3.63, 3.8) is 0 Å². The van der Waals surface area contributed by atoms with E-state index < -0.39 is 5.97 Å². The fourth-order valence-corrected chi connectivity index (χ4v) is 2.39. The highest BCUT2D eigenvalue weighted by atomic mass is 16.5. The Hall–Kier alpha value is -1.75. The van der Waals surface area contributed by atoms with Gasteiger partial charge in [0.15, 0.2) is 0 Å². The number of anilines is 1. The SMILES string of the molecule is CCCCOc1c(N)ccc(C(=O)O)c1CCN(CC)CC. The smallest absolute Gasteiger partial charge is 0.336 e. The molecule has 22 heavy (non-hydrogen) atoms. The van der Waals surface area contributed by atoms with Crippen LogP contribution in [0.4, 0.5) is 5.69 Å². The molecule has 3 N–H and O–H groups in total. The van der Waals surface area contributed by atoms with Gasteiger partial charge in [0.05, 0.1) is 17.9 Å². The number of carboxylic acids is 1. The summed E-state index contributed by atoms with van der Waals surface area (Å²) in [5, 5.41) is 9.42. The van der Waals surface area contributed by atoms with E-state index in [2.05, 4.69) is 25.7 Å². The summed E-state index contributed by atoms with van der Waals surface area (Å²) in [6, 6.07) is 3.19. The standard InChI is InChI=1S/C17H28N2O3/c1-4-7-12-22-16-13(10-11-19(5-2)6-3)14(17(20)21)8-9-15(16)18/h8-9H,4-7,10-12,18H2,1-3H3,(H,20,21). The molecule has 0 spiro atoms. The highest BCUT2D eigenvalue weighted by Gasteiger charge is 2.18. The Kier molecular flexibility index (Phi) is 7.74. The molecule has 0 saturated carbocycles. The summed E-state index contributed by atoms with van der Waals surface area (Å²) >= 11 is 0. The van der Waals surface area contributed by atoms with Crippen LogP contribution in [-0.2, 0) is 6.42 Å². The second-order valence-electron chi connectivity index (χ2n) is 5.29. The van der Waals surface area contributed by atoms with E-state index in [1.165, 1.54) is 0 Å². The lowest BCUT2D eigenvalue weighted by Crippen LogP contribution is -2.26. The van der Waals surface area contributed by atoms with Crippen LogP contribution in [0, 0.1) is 0 Å². The van der Waals surface area contributed by atoms with E-state index in [1.807, 2.05) is 0 Å². The molecule has 124 valence electrons. The summed E-state index contributed by atoms with van der Waals surface area (Å²) in [5.74, 6) is -0.393. The Morgan fingerprint density at radius 3 is 2.50 bits per heavy atom. The van der Waals surface area contributed by atoms with Crippen molar-refractivity contribution in [2.24, 2.45) is 0 Å². The summed E-state index contributed by atoms with van der Waals surface area (Å²) < 4.78 is 5.79. The number of nitrogen functional groups attached to an aromatic ring is 1. The summed E-state index contributed by atoms with van der Waals surface area (Å²) in [5.41, 5.74) is 7.51. The molecule has 0 bridgehead atoms. The second-order valence-corrected chi connectivity index (χ2v) is 5.29. The lowest BCUT2D eigenvalue weighted by Gasteiger charge is -2.21. The zero-order valence-corrected chi connectivity index (χ0v) is 13.9. The first-order chi connectivity index (χ1) is 10.5. The molecule has 0 fully saturated rings. The molecule has 5 heteroatoms. The molecule has 0 aliphatic rings. The van der Waals surface area contributed by atoms with E-state index in [0.717, 1.165) is 32.5 Å². The average molecular weight is 308 g/mol. The summed E-state index contributed by atoms with van der Waals surface area (Å²) in [6.07, 6.45) is 2.56. The maximum Gasteiger partial charge on any atom is 0.336 e. The normalized spacial score (nSPS) is 10.9. The number of aromatic carboxylic acids is 1. The number of carbonyl (C=O) groups is 1. The van der Waals surface area contributed by atoms with Gasteiger partial charge in [-0.25, -0.2) is 4.79 Å². The van der Waals surface area contributed by atoms with Crippen LogP contribution < -0.4 is 10.5 Å². The largest absolute Gasteiger partial charge is 0.491 e. The molecule has 0 aromatic heterocycles. The molecule has 1 aromatic carbocycles. The van der Waals surface area contributed by atoms with Gasteiger partial charge in [-0.2, -0.15) is 0 Å². The molecule has 1 rings (SSSR count). The highest BCUT2D eigenvalue weighted by molar-refractivity contribution is 5.91. The van der Waals surface area contributed by atoms with Gasteiger partial charge < -0.3 is 20.5 Å². The minimum atomic E-state index is -0.935. The van der Waals surface area contributed by atoms with E-state index in [-0.39, 0.29) is 5.56 Å². The maximum atomic E-state index is 11.5. The molecule has 0 radical (unpaired) electrons. The van der Waals surface area contributed by atoms with E-state index >= 15 is 0 Å². The number of likely N-dealkylation sites (N-methyl/N-ethyl adjacent to an activating group) is 1. The van der Waals surface area contributed by atoms with Crippen molar-refractivity contribution in [1.29, 1.82) is 0 Å². The van der Waals surface area contributed by atoms with Crippen molar-refractivity contribution in [3.8, 4) is 5.75 Å². The van der Waals surface area contributed by atoms with Gasteiger partial charge in [-0.1, -0.05) is 27.2 Å². The van der Waals surface area contributed by atoms with Gasteiger partial charge in [0.1, 0.15) is 5.75 Å². The lowest BCUT2D eigenvalue weighted by molar-refractivity contribution is 0.0695. The Labute approximate surface area is 133 Å². The first-order valence-corrected chi connectivity index (χ1v) is 8.04. The predicted molar refractivity (Wildman–Crippen MR) is 89.7 cm³/mol. The second kappa shape index (κ2) is 9.30. The maximum absolute atomic E-state index is 11.5. The summed E-state index contributed by atoms with van der Waals surface area (Å²) in [6.45, 7) is 9.50. The van der Waals surface area contributed by atoms with E-state index in [4.69, 9.17) is 10.5 Å². The number of unbranched alkanes of at least 4 members (excludes halogenated alkanes) is 1. The van der Waals surface area contributed by atoms with Gasteiger partial charge in [-0.3, -0.25) is 0 Å². The van der Waals surface area contributed by atoms with Crippen LogP contribution in [0.5, 0.6) is 5.75 Å². The van der Waals surface area contributed by atoms with Crippen molar-refractivity contribution in [1.82, 2.24) is 4.90 Å². The number of nitrogens with zero attached hydrogens (tertiary/aromatic N) is 1. The third-order valence-corrected chi connectivity index (χ3v) is 3.84. The van der Waals surface area contributed by atoms with Crippen molar-refractivity contribution < 1.29 is 14.6 Å². The van der Waals surface area contributed by atoms with E-state index in [1.54, 1.807) is 12.1 Å². The Bertz CT molecular complexity index is 485. The van der Waals surface area contributed by atoms with Crippen molar-refractivity contribution in [2.45, 2.75) is 40.0 Å². The highest BCUT2D eigenvalue weighted by Crippen LogP contribution is 2.30. The Morgan fingerprint density at radius 2 is 1.95 bits per heavy atom. The molecule has 0 unspecified atom stereocenters. The fourth-order valence-electron chi connectivity index (χ4n) is 2.39. The van der Waals surface area contributed by atoms with Gasteiger partial charge in [0.2, 0.25) is 0 Å². The van der Waals surface area contributed by atoms with E-state index in [9.17, 15) is 9.90 Å². The molecule has 0 aliphatic heterocycles. The van der Waals surface area contributed by atoms with Crippen LogP contribution in [0.1, 0.15) is 49.5 Å². The minimum Gasteiger partial charge on any atom is -0.491 e. The lowest BCUT2D eigenvalue weighted by atomic mass is 10.0. The zero-order valence-electron chi connectivity index (χ0n) is 13.9. The van der Waals surface area contributed by atoms with Crippen molar-refractivity contribution in [3.05, 3.63) is 23.3 Å². The quantitative estimate of drug-likeness (QED) is 0.513. The number of benzene rings is 1. The van der Waals surface area contributed by atoms with E-state index in [0.29, 0.717) is 30.0 Å². The predicted octanol–water partition coefficient (Wildman–Crippen LogP) is 3.03. The van der Waals surface area contributed by atoms with Gasteiger partial charge in [-0.15, -0.1) is 0 Å². The molecule has 0 saturated heterocycles. The molecule has 0 atom stereocenters. The number of ether oxygens (including phenoxy) is 1. The Balaban J connectivity index is 3.05. The number of rotatable bonds is 10. The van der Waals surface area contributed by atoms with Crippen LogP contribution >= 0.6 is 0 Å². The van der Waals surface area contributed by atoms with Gasteiger partial charge in [0.25, 0.3) is 0 Å². The fraction of sp³-hybridized carbons (Fsp3) is 0.588. The van der Waals surface area contributed by atoms with Crippen LogP contribution in [0.15, 0.2) is 12.1 Å². The average Bonchev–Trinajstić information content (AvgIpc) is 2.50. The summed E-state index contributed by atoms with van der Waals surface area (Å²) in [4.78, 5) is 13.7. The molecule has 0 amide bonds. The van der Waals surface area contributed by atoms with Gasteiger partial charge in [0, 0.05) is 12.1 Å². The van der Waals surface area contributed by atoms with Crippen LogP contribution in [0.3, 0.4) is 0 Å². The van der Waals surface area contributed by atoms with Crippen molar-refractivity contribution >= 4 is 11.7 Å². The molecule has 1 aromatic rings. The zero-order chi connectivity index (χ0) is 16.5. The van der Waals surface area contributed by atoms with Crippen LogP contribution in [-0.4, -0.2) is 42.2 Å². The summed E-state index contributed by atoms with van der Waals surface area (Å²) in [7, 11) is 0. The number of hydrogen-bond acceptors (Lipinski definition) is 4. The molecule has 0 aliphatic carbocycles. The topological polar surface area (TPSA) is 75.8 Å². The molecule has 0 heterocycles. The first kappa shape index (κ1) is 18.3. The van der Waals surface area contributed by atoms with Gasteiger partial charge >= 0.3 is 5.97 Å². The first-order valence-electron chi connectivity index (χ1n) is 8.04.